The molecular weight excluding hydrogens is 196 g/mol. The van der Waals surface area contributed by atoms with E-state index in [1.165, 1.54) is 32.1 Å². The molecule has 1 fully saturated rings. The molecule has 1 rings (SSSR count). The molecule has 0 N–H and O–H groups in total. The molecule has 0 aromatic heterocycles. The normalized spacial score (nSPS) is 21.9. The topological polar surface area (TPSA) is 9.23 Å². The molecule has 0 aliphatic heterocycles. The largest absolute Gasteiger partial charge is 0.502 e. The summed E-state index contributed by atoms with van der Waals surface area (Å²) in [5.74, 6) is 3.37. The number of hydrogen-bond acceptors (Lipinski definition) is 1. The minimum absolute atomic E-state index is 0.678. The molecule has 0 bridgehead atoms. The molecule has 1 saturated carbocycles. The second-order valence-electron chi connectivity index (χ2n) is 5.58. The summed E-state index contributed by atoms with van der Waals surface area (Å²) < 4.78 is 5.37. The summed E-state index contributed by atoms with van der Waals surface area (Å²) in [5, 5.41) is 0. The smallest absolute Gasteiger partial charge is 0.0901 e. The minimum Gasteiger partial charge on any atom is -0.502 e. The van der Waals surface area contributed by atoms with Gasteiger partial charge in [0.15, 0.2) is 0 Å². The molecule has 0 amide bonds. The Kier molecular flexibility index (Phi) is 5.94. The van der Waals surface area contributed by atoms with Crippen LogP contribution in [0, 0.1) is 23.7 Å². The van der Waals surface area contributed by atoms with E-state index in [2.05, 4.69) is 27.4 Å². The van der Waals surface area contributed by atoms with Gasteiger partial charge in [-0.15, -0.1) is 0 Å². The van der Waals surface area contributed by atoms with E-state index in [-0.39, 0.29) is 0 Å². The number of hydrogen-bond donors (Lipinski definition) is 0. The molecule has 0 aromatic rings. The van der Waals surface area contributed by atoms with Gasteiger partial charge in [0.25, 0.3) is 0 Å². The SMILES string of the molecule is C=COCC(C)C(CC(C)CC)C1CCC1. The molecule has 0 heterocycles. The van der Waals surface area contributed by atoms with Gasteiger partial charge >= 0.3 is 0 Å². The average molecular weight is 224 g/mol. The van der Waals surface area contributed by atoms with Gasteiger partial charge in [-0.05, 0) is 30.1 Å². The van der Waals surface area contributed by atoms with E-state index in [1.54, 1.807) is 6.26 Å². The fourth-order valence-corrected chi connectivity index (χ4v) is 2.73. The van der Waals surface area contributed by atoms with Gasteiger partial charge in [-0.3, -0.25) is 0 Å². The highest BCUT2D eigenvalue weighted by molar-refractivity contribution is 4.82. The third-order valence-corrected chi connectivity index (χ3v) is 4.33. The maximum Gasteiger partial charge on any atom is 0.0901 e. The molecule has 0 saturated heterocycles. The standard InChI is InChI=1S/C15H28O/c1-5-12(3)10-15(14-8-7-9-14)13(4)11-16-6-2/h6,12-15H,2,5,7-11H2,1,3-4H3. The first kappa shape index (κ1) is 13.6. The zero-order valence-corrected chi connectivity index (χ0v) is 11.2. The summed E-state index contributed by atoms with van der Waals surface area (Å²) in [4.78, 5) is 0. The summed E-state index contributed by atoms with van der Waals surface area (Å²) in [6.07, 6.45) is 8.59. The molecule has 0 radical (unpaired) electrons. The summed E-state index contributed by atoms with van der Waals surface area (Å²) in [6.45, 7) is 11.5. The second-order valence-corrected chi connectivity index (χ2v) is 5.58. The lowest BCUT2D eigenvalue weighted by Crippen LogP contribution is -2.30. The van der Waals surface area contributed by atoms with Gasteiger partial charge in [0.1, 0.15) is 0 Å². The molecule has 1 nitrogen and oxygen atoms in total. The maximum atomic E-state index is 5.37. The number of rotatable bonds is 8. The first-order valence-electron chi connectivity index (χ1n) is 6.91. The Morgan fingerprint density at radius 1 is 1.38 bits per heavy atom. The van der Waals surface area contributed by atoms with E-state index in [1.807, 2.05) is 0 Å². The lowest BCUT2D eigenvalue weighted by Gasteiger charge is -2.38. The maximum absolute atomic E-state index is 5.37. The zero-order valence-electron chi connectivity index (χ0n) is 11.2. The zero-order chi connectivity index (χ0) is 12.0. The third kappa shape index (κ3) is 3.84. The van der Waals surface area contributed by atoms with Gasteiger partial charge < -0.3 is 4.74 Å². The van der Waals surface area contributed by atoms with Crippen LogP contribution in [0.15, 0.2) is 12.8 Å². The van der Waals surface area contributed by atoms with Crippen molar-refractivity contribution in [1.29, 1.82) is 0 Å². The van der Waals surface area contributed by atoms with E-state index in [9.17, 15) is 0 Å². The van der Waals surface area contributed by atoms with E-state index in [0.29, 0.717) is 5.92 Å². The Morgan fingerprint density at radius 2 is 2.06 bits per heavy atom. The lowest BCUT2D eigenvalue weighted by atomic mass is 9.68. The Hall–Kier alpha value is -0.460. The summed E-state index contributed by atoms with van der Waals surface area (Å²) in [5.41, 5.74) is 0. The van der Waals surface area contributed by atoms with Crippen molar-refractivity contribution in [3.63, 3.8) is 0 Å². The Morgan fingerprint density at radius 3 is 2.50 bits per heavy atom. The molecule has 94 valence electrons. The lowest BCUT2D eigenvalue weighted by molar-refractivity contribution is 0.0791. The number of ether oxygens (including phenoxy) is 1. The van der Waals surface area contributed by atoms with Crippen molar-refractivity contribution in [3.05, 3.63) is 12.8 Å². The predicted molar refractivity (Wildman–Crippen MR) is 70.2 cm³/mol. The van der Waals surface area contributed by atoms with Crippen LogP contribution >= 0.6 is 0 Å². The first-order valence-corrected chi connectivity index (χ1v) is 6.91. The molecule has 0 spiro atoms. The van der Waals surface area contributed by atoms with Crippen LogP contribution in [0.25, 0.3) is 0 Å². The molecule has 3 atom stereocenters. The van der Waals surface area contributed by atoms with Crippen molar-refractivity contribution in [2.75, 3.05) is 6.61 Å². The first-order chi connectivity index (χ1) is 7.69. The van der Waals surface area contributed by atoms with E-state index >= 15 is 0 Å². The van der Waals surface area contributed by atoms with Crippen LogP contribution in [0.5, 0.6) is 0 Å². The van der Waals surface area contributed by atoms with Gasteiger partial charge in [-0.25, -0.2) is 0 Å². The third-order valence-electron chi connectivity index (χ3n) is 4.33. The molecule has 1 aliphatic carbocycles. The molecule has 1 heteroatoms. The van der Waals surface area contributed by atoms with Crippen LogP contribution in [0.2, 0.25) is 0 Å². The molecule has 1 aliphatic rings. The van der Waals surface area contributed by atoms with Gasteiger partial charge in [0.2, 0.25) is 0 Å². The molecule has 16 heavy (non-hydrogen) atoms. The van der Waals surface area contributed by atoms with Crippen molar-refractivity contribution in [1.82, 2.24) is 0 Å². The molecule has 0 aromatic carbocycles. The Labute approximate surface area is 101 Å². The van der Waals surface area contributed by atoms with Gasteiger partial charge in [-0.2, -0.15) is 0 Å². The van der Waals surface area contributed by atoms with Crippen molar-refractivity contribution in [3.8, 4) is 0 Å². The van der Waals surface area contributed by atoms with E-state index < -0.39 is 0 Å². The van der Waals surface area contributed by atoms with Crippen LogP contribution in [-0.4, -0.2) is 6.61 Å². The van der Waals surface area contributed by atoms with Gasteiger partial charge in [-0.1, -0.05) is 53.0 Å². The summed E-state index contributed by atoms with van der Waals surface area (Å²) in [7, 11) is 0. The Balaban J connectivity index is 2.44. The predicted octanol–water partition coefficient (Wildman–Crippen LogP) is 4.64. The molecular formula is C15H28O. The quantitative estimate of drug-likeness (QED) is 0.546. The van der Waals surface area contributed by atoms with Crippen LogP contribution in [0.4, 0.5) is 0 Å². The van der Waals surface area contributed by atoms with E-state index in [0.717, 1.165) is 24.4 Å². The monoisotopic (exact) mass is 224 g/mol. The van der Waals surface area contributed by atoms with Gasteiger partial charge in [0, 0.05) is 0 Å². The highest BCUT2D eigenvalue weighted by Gasteiger charge is 2.31. The summed E-state index contributed by atoms with van der Waals surface area (Å²) in [6, 6.07) is 0. The van der Waals surface area contributed by atoms with Crippen LogP contribution < -0.4 is 0 Å². The highest BCUT2D eigenvalue weighted by Crippen LogP contribution is 2.41. The second kappa shape index (κ2) is 6.98. The van der Waals surface area contributed by atoms with Crippen LogP contribution in [0.3, 0.4) is 0 Å². The highest BCUT2D eigenvalue weighted by atomic mass is 16.5. The van der Waals surface area contributed by atoms with Crippen molar-refractivity contribution < 1.29 is 4.74 Å². The Bertz CT molecular complexity index is 196. The van der Waals surface area contributed by atoms with Crippen molar-refractivity contribution in [2.45, 2.75) is 52.9 Å². The van der Waals surface area contributed by atoms with Crippen LogP contribution in [0.1, 0.15) is 52.9 Å². The van der Waals surface area contributed by atoms with Crippen molar-refractivity contribution in [2.24, 2.45) is 23.7 Å². The average Bonchev–Trinajstić information content (AvgIpc) is 2.22. The minimum atomic E-state index is 0.678. The van der Waals surface area contributed by atoms with Crippen molar-refractivity contribution >= 4 is 0 Å². The fourth-order valence-electron chi connectivity index (χ4n) is 2.73. The molecule has 3 unspecified atom stereocenters. The van der Waals surface area contributed by atoms with E-state index in [4.69, 9.17) is 4.74 Å². The summed E-state index contributed by atoms with van der Waals surface area (Å²) >= 11 is 0. The van der Waals surface area contributed by atoms with Gasteiger partial charge in [0.05, 0.1) is 12.9 Å². The van der Waals surface area contributed by atoms with Crippen LogP contribution in [-0.2, 0) is 4.74 Å². The fraction of sp³-hybridized carbons (Fsp3) is 0.867.